The molecule has 2 nitrogen and oxygen atoms in total. The van der Waals surface area contributed by atoms with Crippen molar-refractivity contribution in [2.24, 2.45) is 11.7 Å². The predicted molar refractivity (Wildman–Crippen MR) is 69.5 cm³/mol. The van der Waals surface area contributed by atoms with E-state index in [1.165, 1.54) is 0 Å². The Hall–Kier alpha value is -1.16. The van der Waals surface area contributed by atoms with Gasteiger partial charge in [-0.25, -0.2) is 8.78 Å². The van der Waals surface area contributed by atoms with E-state index < -0.39 is 11.6 Å². The molecule has 0 bridgehead atoms. The van der Waals surface area contributed by atoms with Crippen LogP contribution in [0.4, 0.5) is 14.5 Å². The third-order valence-electron chi connectivity index (χ3n) is 3.81. The second-order valence-corrected chi connectivity index (χ2v) is 5.25. The molecule has 0 aliphatic carbocycles. The van der Waals surface area contributed by atoms with Gasteiger partial charge < -0.3 is 10.6 Å². The van der Waals surface area contributed by atoms with E-state index in [2.05, 4.69) is 13.8 Å². The van der Waals surface area contributed by atoms with Gasteiger partial charge >= 0.3 is 0 Å². The molecule has 2 rings (SSSR count). The first kappa shape index (κ1) is 13.3. The normalized spacial score (nSPS) is 24.4. The molecular formula is C14H20F2N2. The molecular weight excluding hydrogens is 234 g/mol. The lowest BCUT2D eigenvalue weighted by Gasteiger charge is -2.38. The number of piperidine rings is 1. The summed E-state index contributed by atoms with van der Waals surface area (Å²) in [6, 6.07) is 3.47. The number of rotatable bonds is 2. The third kappa shape index (κ3) is 2.34. The molecule has 1 heterocycles. The quantitative estimate of drug-likeness (QED) is 0.879. The molecule has 0 saturated carbocycles. The predicted octanol–water partition coefficient (Wildman–Crippen LogP) is 3.05. The molecule has 1 saturated heterocycles. The average Bonchev–Trinajstić information content (AvgIpc) is 2.34. The number of nitrogens with two attached hydrogens (primary N) is 1. The fourth-order valence-corrected chi connectivity index (χ4v) is 2.72. The summed E-state index contributed by atoms with van der Waals surface area (Å²) in [6.45, 7) is 5.06. The first-order valence-electron chi connectivity index (χ1n) is 6.48. The fraction of sp³-hybridized carbons (Fsp3) is 0.571. The minimum atomic E-state index is -0.805. The molecule has 2 atom stereocenters. The van der Waals surface area contributed by atoms with Crippen molar-refractivity contribution in [3.05, 3.63) is 29.3 Å². The zero-order chi connectivity index (χ0) is 13.3. The molecule has 0 aromatic heterocycles. The van der Waals surface area contributed by atoms with Gasteiger partial charge in [0.2, 0.25) is 0 Å². The lowest BCUT2D eigenvalue weighted by atomic mass is 9.93. The number of anilines is 1. The molecule has 0 amide bonds. The first-order chi connectivity index (χ1) is 8.54. The molecule has 1 aromatic rings. The molecule has 18 heavy (non-hydrogen) atoms. The highest BCUT2D eigenvalue weighted by molar-refractivity contribution is 5.51. The summed E-state index contributed by atoms with van der Waals surface area (Å²) in [5, 5.41) is 0. The third-order valence-corrected chi connectivity index (χ3v) is 3.81. The van der Waals surface area contributed by atoms with Crippen molar-refractivity contribution in [3.63, 3.8) is 0 Å². The van der Waals surface area contributed by atoms with Gasteiger partial charge in [0.05, 0.1) is 5.69 Å². The Morgan fingerprint density at radius 2 is 2.00 bits per heavy atom. The smallest absolute Gasteiger partial charge is 0.182 e. The van der Waals surface area contributed by atoms with Gasteiger partial charge in [-0.1, -0.05) is 13.0 Å². The first-order valence-corrected chi connectivity index (χ1v) is 6.48. The van der Waals surface area contributed by atoms with Crippen LogP contribution in [0.5, 0.6) is 0 Å². The second-order valence-electron chi connectivity index (χ2n) is 5.25. The monoisotopic (exact) mass is 254 g/mol. The average molecular weight is 254 g/mol. The van der Waals surface area contributed by atoms with Crippen molar-refractivity contribution in [2.45, 2.75) is 39.3 Å². The van der Waals surface area contributed by atoms with Crippen LogP contribution in [0.25, 0.3) is 0 Å². The summed E-state index contributed by atoms with van der Waals surface area (Å²) >= 11 is 0. The molecule has 1 aliphatic heterocycles. The maximum atomic E-state index is 14.0. The maximum absolute atomic E-state index is 14.0. The van der Waals surface area contributed by atoms with Crippen LogP contribution in [0.1, 0.15) is 32.3 Å². The molecule has 1 aliphatic rings. The van der Waals surface area contributed by atoms with Crippen LogP contribution in [-0.4, -0.2) is 12.6 Å². The summed E-state index contributed by atoms with van der Waals surface area (Å²) in [4.78, 5) is 1.96. The lowest BCUT2D eigenvalue weighted by molar-refractivity contribution is 0.372. The molecule has 1 aromatic carbocycles. The molecule has 0 radical (unpaired) electrons. The summed E-state index contributed by atoms with van der Waals surface area (Å²) in [5.41, 5.74) is 5.97. The van der Waals surface area contributed by atoms with Crippen molar-refractivity contribution < 1.29 is 8.78 Å². The Bertz CT molecular complexity index is 434. The molecule has 2 N–H and O–H groups in total. The number of hydrogen-bond acceptors (Lipinski definition) is 2. The molecule has 0 spiro atoms. The summed E-state index contributed by atoms with van der Waals surface area (Å²) in [7, 11) is 0. The maximum Gasteiger partial charge on any atom is 0.182 e. The Balaban J connectivity index is 2.31. The standard InChI is InChI=1S/C14H20F2N2/c1-9-5-6-18(10(2)7-9)12-4-3-11(8-17)13(15)14(12)16/h3-4,9-10H,5-8,17H2,1-2H3. The van der Waals surface area contributed by atoms with Crippen molar-refractivity contribution in [3.8, 4) is 0 Å². The van der Waals surface area contributed by atoms with Gasteiger partial charge in [-0.2, -0.15) is 0 Å². The summed E-state index contributed by atoms with van der Waals surface area (Å²) in [5.74, 6) is -0.923. The van der Waals surface area contributed by atoms with Crippen LogP contribution in [0.3, 0.4) is 0 Å². The number of benzene rings is 1. The van der Waals surface area contributed by atoms with E-state index in [9.17, 15) is 8.78 Å². The highest BCUT2D eigenvalue weighted by Gasteiger charge is 2.26. The number of hydrogen-bond donors (Lipinski definition) is 1. The van der Waals surface area contributed by atoms with E-state index in [1.807, 2.05) is 4.90 Å². The van der Waals surface area contributed by atoms with Crippen molar-refractivity contribution in [1.82, 2.24) is 0 Å². The Kier molecular flexibility index (Phi) is 3.85. The Labute approximate surface area is 107 Å². The fourth-order valence-electron chi connectivity index (χ4n) is 2.72. The van der Waals surface area contributed by atoms with E-state index >= 15 is 0 Å². The summed E-state index contributed by atoms with van der Waals surface area (Å²) < 4.78 is 27.8. The van der Waals surface area contributed by atoms with Crippen LogP contribution in [0.15, 0.2) is 12.1 Å². The van der Waals surface area contributed by atoms with Crippen LogP contribution < -0.4 is 10.6 Å². The van der Waals surface area contributed by atoms with E-state index in [-0.39, 0.29) is 18.2 Å². The minimum Gasteiger partial charge on any atom is -0.366 e. The zero-order valence-corrected chi connectivity index (χ0v) is 10.9. The van der Waals surface area contributed by atoms with Crippen LogP contribution >= 0.6 is 0 Å². The zero-order valence-electron chi connectivity index (χ0n) is 10.9. The highest BCUT2D eigenvalue weighted by Crippen LogP contribution is 2.31. The van der Waals surface area contributed by atoms with E-state index in [4.69, 9.17) is 5.73 Å². The van der Waals surface area contributed by atoms with Crippen LogP contribution in [-0.2, 0) is 6.54 Å². The Morgan fingerprint density at radius 1 is 1.28 bits per heavy atom. The van der Waals surface area contributed by atoms with Crippen molar-refractivity contribution in [1.29, 1.82) is 0 Å². The van der Waals surface area contributed by atoms with E-state index in [0.717, 1.165) is 19.4 Å². The van der Waals surface area contributed by atoms with E-state index in [0.29, 0.717) is 11.6 Å². The van der Waals surface area contributed by atoms with Gasteiger partial charge in [-0.05, 0) is 31.7 Å². The van der Waals surface area contributed by atoms with Gasteiger partial charge in [-0.3, -0.25) is 0 Å². The van der Waals surface area contributed by atoms with E-state index in [1.54, 1.807) is 12.1 Å². The van der Waals surface area contributed by atoms with Crippen molar-refractivity contribution in [2.75, 3.05) is 11.4 Å². The van der Waals surface area contributed by atoms with Gasteiger partial charge in [0.25, 0.3) is 0 Å². The SMILES string of the molecule is CC1CCN(c2ccc(CN)c(F)c2F)C(C)C1. The molecule has 2 unspecified atom stereocenters. The highest BCUT2D eigenvalue weighted by atomic mass is 19.2. The lowest BCUT2D eigenvalue weighted by Crippen LogP contribution is -2.40. The minimum absolute atomic E-state index is 0.0234. The van der Waals surface area contributed by atoms with Gasteiger partial charge in [0.15, 0.2) is 11.6 Å². The largest absolute Gasteiger partial charge is 0.366 e. The second kappa shape index (κ2) is 5.22. The van der Waals surface area contributed by atoms with Crippen molar-refractivity contribution >= 4 is 5.69 Å². The molecule has 100 valence electrons. The summed E-state index contributed by atoms with van der Waals surface area (Å²) in [6.07, 6.45) is 2.03. The van der Waals surface area contributed by atoms with Gasteiger partial charge in [0, 0.05) is 24.7 Å². The number of halogens is 2. The topological polar surface area (TPSA) is 29.3 Å². The van der Waals surface area contributed by atoms with Gasteiger partial charge in [-0.15, -0.1) is 0 Å². The van der Waals surface area contributed by atoms with Gasteiger partial charge in [0.1, 0.15) is 0 Å². The molecule has 1 fully saturated rings. The number of nitrogens with zero attached hydrogens (tertiary/aromatic N) is 1. The molecule has 4 heteroatoms. The van der Waals surface area contributed by atoms with Crippen LogP contribution in [0.2, 0.25) is 0 Å². The van der Waals surface area contributed by atoms with Crippen LogP contribution in [0, 0.1) is 17.6 Å². The Morgan fingerprint density at radius 3 is 2.61 bits per heavy atom.